The van der Waals surface area contributed by atoms with Crippen LogP contribution in [-0.2, 0) is 11.0 Å². The average molecular weight is 409 g/mol. The first-order valence-electron chi connectivity index (χ1n) is 7.58. The molecule has 0 bridgehead atoms. The lowest BCUT2D eigenvalue weighted by Gasteiger charge is -2.16. The molecule has 0 aliphatic heterocycles. The first kappa shape index (κ1) is 21.1. The lowest BCUT2D eigenvalue weighted by molar-refractivity contribution is -0.137. The number of nitrogens with one attached hydrogen (secondary N) is 3. The van der Waals surface area contributed by atoms with Crippen LogP contribution in [0.25, 0.3) is 0 Å². The van der Waals surface area contributed by atoms with Gasteiger partial charge in [-0.25, -0.2) is 0 Å². The van der Waals surface area contributed by atoms with Crippen molar-refractivity contribution in [1.82, 2.24) is 5.32 Å². The van der Waals surface area contributed by atoms with E-state index in [1.165, 1.54) is 17.6 Å². The summed E-state index contributed by atoms with van der Waals surface area (Å²) in [6.07, 6.45) is -7.16. The van der Waals surface area contributed by atoms with Crippen molar-refractivity contribution < 1.29 is 40.3 Å². The second kappa shape index (κ2) is 8.23. The highest BCUT2D eigenvalue weighted by molar-refractivity contribution is 6.04. The van der Waals surface area contributed by atoms with E-state index in [1.807, 2.05) is 0 Å². The highest BCUT2D eigenvalue weighted by Gasteiger charge is 2.34. The Hall–Kier alpha value is -3.18. The number of benzene rings is 1. The van der Waals surface area contributed by atoms with Gasteiger partial charge in [0.15, 0.2) is 0 Å². The van der Waals surface area contributed by atoms with E-state index in [4.69, 9.17) is 4.42 Å². The van der Waals surface area contributed by atoms with E-state index < -0.39 is 48.5 Å². The molecule has 0 unspecified atom stereocenters. The molecule has 2 aromatic rings. The fourth-order valence-electron chi connectivity index (χ4n) is 2.04. The first-order valence-corrected chi connectivity index (χ1v) is 7.58. The van der Waals surface area contributed by atoms with Crippen LogP contribution in [0.1, 0.15) is 15.9 Å². The van der Waals surface area contributed by atoms with Gasteiger partial charge in [-0.05, 0) is 24.3 Å². The number of anilines is 2. The Bertz CT molecular complexity index is 831. The summed E-state index contributed by atoms with van der Waals surface area (Å²) in [5.74, 6) is -1.84. The topological polar surface area (TPSA) is 83.4 Å². The summed E-state index contributed by atoms with van der Waals surface area (Å²) in [5, 5.41) is 5.92. The van der Waals surface area contributed by atoms with Gasteiger partial charge in [-0.2, -0.15) is 26.3 Å². The van der Waals surface area contributed by atoms with E-state index in [9.17, 15) is 35.9 Å². The molecule has 1 aromatic heterocycles. The van der Waals surface area contributed by atoms with Crippen molar-refractivity contribution in [3.8, 4) is 0 Å². The Morgan fingerprint density at radius 2 is 1.75 bits per heavy atom. The lowest BCUT2D eigenvalue weighted by Crippen LogP contribution is -2.37. The highest BCUT2D eigenvalue weighted by Crippen LogP contribution is 2.36. The van der Waals surface area contributed by atoms with E-state index in [0.717, 1.165) is 18.4 Å². The van der Waals surface area contributed by atoms with E-state index in [-0.39, 0.29) is 11.3 Å². The van der Waals surface area contributed by atoms with Gasteiger partial charge >= 0.3 is 12.4 Å². The molecule has 0 atom stereocenters. The third-order valence-electron chi connectivity index (χ3n) is 3.29. The maximum Gasteiger partial charge on any atom is 0.418 e. The molecule has 0 aliphatic rings. The standard InChI is InChI=1S/C16H13F6N3O3/c17-15(18,19)8-24-13(26)6-23-12-2-1-10(5-11(12)16(20,21)22)25-14(27)9-3-4-28-7-9/h1-5,7,23H,6,8H2,(H,24,26)(H,25,27). The van der Waals surface area contributed by atoms with Gasteiger partial charge < -0.3 is 20.4 Å². The zero-order chi connectivity index (χ0) is 20.9. The fourth-order valence-corrected chi connectivity index (χ4v) is 2.04. The van der Waals surface area contributed by atoms with E-state index >= 15 is 0 Å². The highest BCUT2D eigenvalue weighted by atomic mass is 19.4. The van der Waals surface area contributed by atoms with Gasteiger partial charge in [0.2, 0.25) is 5.91 Å². The Morgan fingerprint density at radius 1 is 1.04 bits per heavy atom. The van der Waals surface area contributed by atoms with Crippen molar-refractivity contribution >= 4 is 23.2 Å². The fraction of sp³-hybridized carbons (Fsp3) is 0.250. The molecule has 12 heteroatoms. The number of rotatable bonds is 6. The number of carbonyl (C=O) groups excluding carboxylic acids is 2. The molecule has 152 valence electrons. The molecular formula is C16H13F6N3O3. The zero-order valence-corrected chi connectivity index (χ0v) is 13.9. The number of amides is 2. The van der Waals surface area contributed by atoms with Crippen LogP contribution < -0.4 is 16.0 Å². The molecule has 0 aliphatic carbocycles. The summed E-state index contributed by atoms with van der Waals surface area (Å²) < 4.78 is 80.5. The van der Waals surface area contributed by atoms with Crippen molar-refractivity contribution in [2.75, 3.05) is 23.7 Å². The largest absolute Gasteiger partial charge is 0.472 e. The van der Waals surface area contributed by atoms with Crippen LogP contribution >= 0.6 is 0 Å². The van der Waals surface area contributed by atoms with Gasteiger partial charge in [-0.3, -0.25) is 9.59 Å². The molecule has 0 fully saturated rings. The number of hydrogen-bond donors (Lipinski definition) is 3. The number of carbonyl (C=O) groups is 2. The van der Waals surface area contributed by atoms with Crippen molar-refractivity contribution in [2.24, 2.45) is 0 Å². The van der Waals surface area contributed by atoms with Crippen molar-refractivity contribution in [1.29, 1.82) is 0 Å². The lowest BCUT2D eigenvalue weighted by atomic mass is 10.1. The molecule has 6 nitrogen and oxygen atoms in total. The maximum atomic E-state index is 13.3. The third kappa shape index (κ3) is 6.21. The van der Waals surface area contributed by atoms with Crippen molar-refractivity contribution in [3.05, 3.63) is 47.9 Å². The minimum atomic E-state index is -4.85. The van der Waals surface area contributed by atoms with Crippen LogP contribution in [0, 0.1) is 0 Å². The van der Waals surface area contributed by atoms with E-state index in [0.29, 0.717) is 6.07 Å². The number of halogens is 6. The minimum Gasteiger partial charge on any atom is -0.472 e. The molecule has 0 saturated heterocycles. The third-order valence-corrected chi connectivity index (χ3v) is 3.29. The normalized spacial score (nSPS) is 11.8. The molecule has 0 saturated carbocycles. The zero-order valence-electron chi connectivity index (χ0n) is 13.9. The van der Waals surface area contributed by atoms with Gasteiger partial charge in [-0.1, -0.05) is 0 Å². The van der Waals surface area contributed by atoms with Crippen LogP contribution in [-0.4, -0.2) is 31.1 Å². The van der Waals surface area contributed by atoms with Crippen molar-refractivity contribution in [2.45, 2.75) is 12.4 Å². The molecule has 2 rings (SSSR count). The second-order valence-corrected chi connectivity index (χ2v) is 5.47. The summed E-state index contributed by atoms with van der Waals surface area (Å²) in [4.78, 5) is 23.2. The Kier molecular flexibility index (Phi) is 6.21. The Balaban J connectivity index is 2.10. The average Bonchev–Trinajstić information content (AvgIpc) is 3.12. The van der Waals surface area contributed by atoms with Crippen LogP contribution in [0.5, 0.6) is 0 Å². The van der Waals surface area contributed by atoms with Crippen LogP contribution in [0.3, 0.4) is 0 Å². The SMILES string of the molecule is O=C(CNc1ccc(NC(=O)c2ccoc2)cc1C(F)(F)F)NCC(F)(F)F. The Morgan fingerprint density at radius 3 is 2.32 bits per heavy atom. The molecule has 0 radical (unpaired) electrons. The van der Waals surface area contributed by atoms with E-state index in [1.54, 1.807) is 0 Å². The minimum absolute atomic E-state index is 0.0945. The number of furan rings is 1. The van der Waals surface area contributed by atoms with Gasteiger partial charge in [0.25, 0.3) is 5.91 Å². The molecule has 0 spiro atoms. The Labute approximate surface area is 153 Å². The molecular weight excluding hydrogens is 396 g/mol. The summed E-state index contributed by atoms with van der Waals surface area (Å²) in [5.41, 5.74) is -1.82. The summed E-state index contributed by atoms with van der Waals surface area (Å²) >= 11 is 0. The monoisotopic (exact) mass is 409 g/mol. The second-order valence-electron chi connectivity index (χ2n) is 5.47. The molecule has 1 aromatic carbocycles. The molecule has 2 amide bonds. The quantitative estimate of drug-likeness (QED) is 0.637. The summed E-state index contributed by atoms with van der Waals surface area (Å²) in [7, 11) is 0. The summed E-state index contributed by atoms with van der Waals surface area (Å²) in [6.45, 7) is -2.40. The number of hydrogen-bond acceptors (Lipinski definition) is 4. The van der Waals surface area contributed by atoms with Crippen LogP contribution in [0.15, 0.2) is 41.2 Å². The smallest absolute Gasteiger partial charge is 0.418 e. The predicted molar refractivity (Wildman–Crippen MR) is 85.7 cm³/mol. The molecule has 1 heterocycles. The van der Waals surface area contributed by atoms with Gasteiger partial charge in [0.1, 0.15) is 12.8 Å². The molecule has 3 N–H and O–H groups in total. The first-order chi connectivity index (χ1) is 13.0. The van der Waals surface area contributed by atoms with Crippen LogP contribution in [0.2, 0.25) is 0 Å². The van der Waals surface area contributed by atoms with Crippen molar-refractivity contribution in [3.63, 3.8) is 0 Å². The number of alkyl halides is 6. The maximum absolute atomic E-state index is 13.3. The van der Waals surface area contributed by atoms with E-state index in [2.05, 4.69) is 10.6 Å². The summed E-state index contributed by atoms with van der Waals surface area (Å²) in [6, 6.07) is 4.04. The van der Waals surface area contributed by atoms with Gasteiger partial charge in [-0.15, -0.1) is 0 Å². The van der Waals surface area contributed by atoms with Crippen LogP contribution in [0.4, 0.5) is 37.7 Å². The van der Waals surface area contributed by atoms with Gasteiger partial charge in [0, 0.05) is 11.4 Å². The predicted octanol–water partition coefficient (Wildman–Crippen LogP) is 3.64. The molecule has 28 heavy (non-hydrogen) atoms. The van der Waals surface area contributed by atoms with Gasteiger partial charge in [0.05, 0.1) is 23.9 Å².